The number of hydrogen-bond acceptors (Lipinski definition) is 5. The predicted molar refractivity (Wildman–Crippen MR) is 89.1 cm³/mol. The van der Waals surface area contributed by atoms with E-state index in [4.69, 9.17) is 4.52 Å². The molecular weight excluding hydrogens is 379 g/mol. The van der Waals surface area contributed by atoms with Gasteiger partial charge in [-0.25, -0.2) is 4.39 Å². The highest BCUT2D eigenvalue weighted by atomic mass is 79.9. The average molecular weight is 397 g/mol. The van der Waals surface area contributed by atoms with Crippen LogP contribution in [0, 0.1) is 11.7 Å². The van der Waals surface area contributed by atoms with E-state index >= 15 is 0 Å². The van der Waals surface area contributed by atoms with Crippen LogP contribution in [-0.4, -0.2) is 40.6 Å². The lowest BCUT2D eigenvalue weighted by molar-refractivity contribution is 0.0637. The quantitative estimate of drug-likeness (QED) is 0.785. The number of likely N-dealkylation sites (tertiary alicyclic amines) is 1. The molecule has 2 heterocycles. The molecule has 0 spiro atoms. The first-order valence-electron chi connectivity index (χ1n) is 7.85. The van der Waals surface area contributed by atoms with Crippen LogP contribution in [0.3, 0.4) is 0 Å². The van der Waals surface area contributed by atoms with Crippen molar-refractivity contribution in [2.45, 2.75) is 18.9 Å². The van der Waals surface area contributed by atoms with E-state index in [1.165, 1.54) is 24.3 Å². The maximum absolute atomic E-state index is 12.9. The van der Waals surface area contributed by atoms with Crippen LogP contribution in [0.25, 0.3) is 0 Å². The molecule has 3 rings (SSSR count). The Hall–Kier alpha value is -1.57. The summed E-state index contributed by atoms with van der Waals surface area (Å²) in [6.45, 7) is 1.90. The summed E-state index contributed by atoms with van der Waals surface area (Å²) in [5, 5.41) is 13.9. The zero-order valence-electron chi connectivity index (χ0n) is 13.0. The Labute approximate surface area is 147 Å². The van der Waals surface area contributed by atoms with E-state index in [0.29, 0.717) is 22.5 Å². The SMILES string of the molecule is O=C(c1ccc(F)cc1)C1CCN(CC(O)c2cc(Br)no2)CC1. The summed E-state index contributed by atoms with van der Waals surface area (Å²) in [4.78, 5) is 14.6. The number of nitrogens with zero attached hydrogens (tertiary/aromatic N) is 2. The average Bonchev–Trinajstić information content (AvgIpc) is 3.02. The molecule has 0 saturated carbocycles. The molecule has 24 heavy (non-hydrogen) atoms. The van der Waals surface area contributed by atoms with Gasteiger partial charge in [0.15, 0.2) is 11.5 Å². The van der Waals surface area contributed by atoms with Crippen molar-refractivity contribution in [1.29, 1.82) is 0 Å². The monoisotopic (exact) mass is 396 g/mol. The number of piperidine rings is 1. The molecule has 0 amide bonds. The smallest absolute Gasteiger partial charge is 0.167 e. The van der Waals surface area contributed by atoms with Crippen LogP contribution in [-0.2, 0) is 0 Å². The lowest BCUT2D eigenvalue weighted by Crippen LogP contribution is -2.38. The second kappa shape index (κ2) is 7.55. The summed E-state index contributed by atoms with van der Waals surface area (Å²) in [6.07, 6.45) is 0.708. The maximum Gasteiger partial charge on any atom is 0.167 e. The number of rotatable bonds is 5. The number of β-amino-alcohol motifs (C(OH)–C–C–N with tert-alkyl or cyclic N) is 1. The fraction of sp³-hybridized carbons (Fsp3) is 0.412. The molecular formula is C17H18BrFN2O3. The van der Waals surface area contributed by atoms with Crippen LogP contribution in [0.2, 0.25) is 0 Å². The largest absolute Gasteiger partial charge is 0.384 e. The fourth-order valence-electron chi connectivity index (χ4n) is 2.99. The molecule has 1 aliphatic rings. The lowest BCUT2D eigenvalue weighted by atomic mass is 9.89. The third kappa shape index (κ3) is 4.09. The molecule has 5 nitrogen and oxygen atoms in total. The zero-order chi connectivity index (χ0) is 17.1. The van der Waals surface area contributed by atoms with Gasteiger partial charge in [-0.05, 0) is 66.1 Å². The minimum absolute atomic E-state index is 0.0525. The van der Waals surface area contributed by atoms with Crippen LogP contribution in [0.5, 0.6) is 0 Å². The summed E-state index contributed by atoms with van der Waals surface area (Å²) in [5.41, 5.74) is 0.557. The van der Waals surface area contributed by atoms with Crippen molar-refractivity contribution in [3.8, 4) is 0 Å². The van der Waals surface area contributed by atoms with Crippen molar-refractivity contribution in [3.63, 3.8) is 0 Å². The predicted octanol–water partition coefficient (Wildman–Crippen LogP) is 3.20. The van der Waals surface area contributed by atoms with Crippen molar-refractivity contribution in [1.82, 2.24) is 10.1 Å². The van der Waals surface area contributed by atoms with Gasteiger partial charge < -0.3 is 14.5 Å². The van der Waals surface area contributed by atoms with E-state index in [2.05, 4.69) is 26.0 Å². The van der Waals surface area contributed by atoms with Crippen molar-refractivity contribution < 1.29 is 18.8 Å². The van der Waals surface area contributed by atoms with E-state index in [-0.39, 0.29) is 17.5 Å². The molecule has 0 bridgehead atoms. The Bertz CT molecular complexity index is 696. The third-order valence-electron chi connectivity index (χ3n) is 4.35. The molecule has 1 aromatic heterocycles. The normalized spacial score (nSPS) is 17.8. The Morgan fingerprint density at radius 3 is 2.62 bits per heavy atom. The van der Waals surface area contributed by atoms with Gasteiger partial charge in [0.25, 0.3) is 0 Å². The maximum atomic E-state index is 12.9. The van der Waals surface area contributed by atoms with Crippen molar-refractivity contribution in [2.75, 3.05) is 19.6 Å². The lowest BCUT2D eigenvalue weighted by Gasteiger charge is -2.32. The molecule has 1 N–H and O–H groups in total. The number of aliphatic hydroxyl groups excluding tert-OH is 1. The first-order chi connectivity index (χ1) is 11.5. The highest BCUT2D eigenvalue weighted by Crippen LogP contribution is 2.24. The van der Waals surface area contributed by atoms with Crippen molar-refractivity contribution >= 4 is 21.7 Å². The van der Waals surface area contributed by atoms with Crippen LogP contribution in [0.15, 0.2) is 39.5 Å². The molecule has 0 aliphatic carbocycles. The third-order valence-corrected chi connectivity index (χ3v) is 4.72. The fourth-order valence-corrected chi connectivity index (χ4v) is 3.28. The summed E-state index contributed by atoms with van der Waals surface area (Å²) >= 11 is 3.19. The molecule has 1 atom stereocenters. The number of Topliss-reactive ketones (excluding diaryl/α,β-unsaturated/α-hetero) is 1. The first-order valence-corrected chi connectivity index (χ1v) is 8.64. The minimum atomic E-state index is -0.742. The van der Waals surface area contributed by atoms with Gasteiger partial charge in [-0.15, -0.1) is 0 Å². The molecule has 1 aliphatic heterocycles. The van der Waals surface area contributed by atoms with E-state index in [9.17, 15) is 14.3 Å². The Balaban J connectivity index is 1.52. The Morgan fingerprint density at radius 1 is 1.38 bits per heavy atom. The van der Waals surface area contributed by atoms with Gasteiger partial charge in [0, 0.05) is 24.1 Å². The molecule has 1 aromatic carbocycles. The highest BCUT2D eigenvalue weighted by Gasteiger charge is 2.27. The number of ketones is 1. The van der Waals surface area contributed by atoms with Gasteiger partial charge in [-0.3, -0.25) is 4.79 Å². The van der Waals surface area contributed by atoms with Crippen molar-refractivity contribution in [3.05, 3.63) is 52.1 Å². The standard InChI is InChI=1S/C17H18BrFN2O3/c18-16-9-15(24-20-16)14(22)10-21-7-5-12(6-8-21)17(23)11-1-3-13(19)4-2-11/h1-4,9,12,14,22H,5-8,10H2. The molecule has 1 saturated heterocycles. The summed E-state index contributed by atoms with van der Waals surface area (Å²) in [6, 6.07) is 7.35. The highest BCUT2D eigenvalue weighted by molar-refractivity contribution is 9.10. The van der Waals surface area contributed by atoms with Gasteiger partial charge in [0.05, 0.1) is 0 Å². The van der Waals surface area contributed by atoms with Crippen molar-refractivity contribution in [2.24, 2.45) is 5.92 Å². The van der Waals surface area contributed by atoms with Gasteiger partial charge in [0.1, 0.15) is 16.5 Å². The van der Waals surface area contributed by atoms with E-state index in [1.807, 2.05) is 0 Å². The topological polar surface area (TPSA) is 66.6 Å². The molecule has 128 valence electrons. The summed E-state index contributed by atoms with van der Waals surface area (Å²) in [7, 11) is 0. The van der Waals surface area contributed by atoms with Gasteiger partial charge in [0.2, 0.25) is 0 Å². The second-order valence-electron chi connectivity index (χ2n) is 6.01. The molecule has 1 unspecified atom stereocenters. The van der Waals surface area contributed by atoms with E-state index < -0.39 is 6.10 Å². The Morgan fingerprint density at radius 2 is 2.04 bits per heavy atom. The van der Waals surface area contributed by atoms with Crippen LogP contribution in [0.1, 0.15) is 35.1 Å². The number of benzene rings is 1. The summed E-state index contributed by atoms with van der Waals surface area (Å²) < 4.78 is 18.5. The van der Waals surface area contributed by atoms with Gasteiger partial charge >= 0.3 is 0 Å². The van der Waals surface area contributed by atoms with E-state index in [1.54, 1.807) is 6.07 Å². The first kappa shape index (κ1) is 17.3. The zero-order valence-corrected chi connectivity index (χ0v) is 14.6. The summed E-state index contributed by atoms with van der Waals surface area (Å²) in [5.74, 6) is 0.0958. The van der Waals surface area contributed by atoms with Crippen LogP contribution < -0.4 is 0 Å². The number of carbonyl (C=O) groups excluding carboxylic acids is 1. The van der Waals surface area contributed by atoms with Gasteiger partial charge in [-0.1, -0.05) is 5.16 Å². The van der Waals surface area contributed by atoms with Crippen LogP contribution >= 0.6 is 15.9 Å². The van der Waals surface area contributed by atoms with Gasteiger partial charge in [-0.2, -0.15) is 0 Å². The number of hydrogen-bond donors (Lipinski definition) is 1. The molecule has 2 aromatic rings. The number of carbonyl (C=O) groups is 1. The minimum Gasteiger partial charge on any atom is -0.384 e. The number of aromatic nitrogens is 1. The molecule has 1 fully saturated rings. The Kier molecular flexibility index (Phi) is 5.43. The van der Waals surface area contributed by atoms with Crippen LogP contribution in [0.4, 0.5) is 4.39 Å². The van der Waals surface area contributed by atoms with E-state index in [0.717, 1.165) is 25.9 Å². The number of aliphatic hydroxyl groups is 1. The second-order valence-corrected chi connectivity index (χ2v) is 6.83. The number of halogens is 2. The molecule has 0 radical (unpaired) electrons. The molecule has 7 heteroatoms.